The molecule has 23 heavy (non-hydrogen) atoms. The van der Waals surface area contributed by atoms with E-state index in [1.807, 2.05) is 0 Å². The molecule has 4 rings (SSSR count). The zero-order valence-electron chi connectivity index (χ0n) is 12.8. The molecular formula is C16H17BrClN5. The average molecular weight is 395 g/mol. The van der Waals surface area contributed by atoms with E-state index in [1.165, 1.54) is 5.56 Å². The Bertz CT molecular complexity index is 783. The van der Waals surface area contributed by atoms with Gasteiger partial charge in [-0.15, -0.1) is 0 Å². The number of hydrogen-bond donors (Lipinski definition) is 1. The molecule has 1 atom stereocenters. The van der Waals surface area contributed by atoms with Gasteiger partial charge in [0.15, 0.2) is 5.82 Å². The molecular weight excluding hydrogens is 378 g/mol. The Hall–Kier alpha value is -1.37. The highest BCUT2D eigenvalue weighted by atomic mass is 79.9. The van der Waals surface area contributed by atoms with Gasteiger partial charge >= 0.3 is 0 Å². The summed E-state index contributed by atoms with van der Waals surface area (Å²) in [5, 5.41) is 0.522. The van der Waals surface area contributed by atoms with Crippen LogP contribution in [-0.2, 0) is 5.41 Å². The highest BCUT2D eigenvalue weighted by Crippen LogP contribution is 2.50. The van der Waals surface area contributed by atoms with Gasteiger partial charge in [0.1, 0.15) is 5.02 Å². The van der Waals surface area contributed by atoms with E-state index >= 15 is 0 Å². The Kier molecular flexibility index (Phi) is 3.51. The van der Waals surface area contributed by atoms with Crippen molar-refractivity contribution in [3.63, 3.8) is 0 Å². The number of fused-ring (bicyclic) bond motifs is 2. The Morgan fingerprint density at radius 1 is 1.35 bits per heavy atom. The number of nitrogens with two attached hydrogens (primary N) is 1. The van der Waals surface area contributed by atoms with E-state index < -0.39 is 0 Å². The Morgan fingerprint density at radius 3 is 2.91 bits per heavy atom. The topological polar surface area (TPSA) is 58.3 Å². The summed E-state index contributed by atoms with van der Waals surface area (Å²) in [4.78, 5) is 12.9. The van der Waals surface area contributed by atoms with Crippen LogP contribution in [0.4, 0.5) is 17.5 Å². The number of likely N-dealkylation sites (N-methyl/N-ethyl adjacent to an activating group) is 1. The number of anilines is 3. The molecule has 0 saturated carbocycles. The van der Waals surface area contributed by atoms with Gasteiger partial charge in [0.25, 0.3) is 0 Å². The van der Waals surface area contributed by atoms with Gasteiger partial charge in [-0.3, -0.25) is 0 Å². The number of nitrogens with zero attached hydrogens (tertiary/aromatic N) is 4. The van der Waals surface area contributed by atoms with Crippen molar-refractivity contribution in [2.45, 2.75) is 11.8 Å². The number of hydrogen-bond acceptors (Lipinski definition) is 5. The van der Waals surface area contributed by atoms with E-state index in [0.29, 0.717) is 10.8 Å². The molecule has 1 aromatic heterocycles. The second-order valence-electron chi connectivity index (χ2n) is 6.42. The average Bonchev–Trinajstić information content (AvgIpc) is 3.03. The summed E-state index contributed by atoms with van der Waals surface area (Å²) in [5.41, 5.74) is 8.41. The molecule has 120 valence electrons. The lowest BCUT2D eigenvalue weighted by Gasteiger charge is -2.25. The molecule has 1 saturated heterocycles. The first-order chi connectivity index (χ1) is 11.0. The fraction of sp³-hybridized carbons (Fsp3) is 0.375. The maximum Gasteiger partial charge on any atom is 0.222 e. The number of nitrogen functional groups attached to an aromatic ring is 1. The first-order valence-corrected chi connectivity index (χ1v) is 8.70. The van der Waals surface area contributed by atoms with Crippen molar-refractivity contribution in [2.75, 3.05) is 37.3 Å². The number of halogens is 2. The summed E-state index contributed by atoms with van der Waals surface area (Å²) >= 11 is 9.94. The van der Waals surface area contributed by atoms with Gasteiger partial charge < -0.3 is 15.5 Å². The van der Waals surface area contributed by atoms with Gasteiger partial charge in [-0.1, -0.05) is 33.6 Å². The zero-order valence-corrected chi connectivity index (χ0v) is 15.1. The monoisotopic (exact) mass is 393 g/mol. The fourth-order valence-corrected chi connectivity index (χ4v) is 4.37. The standard InChI is InChI=1S/C16H17BrClN5/c1-22-5-4-16(8-22)9-23(13-6-10(17)2-3-11(13)16)14-12(18)7-20-15(19)21-14/h2-3,6-7H,4-5,8-9H2,1H3,(H2,19,20,21)/t16-/m0/s1. The van der Waals surface area contributed by atoms with Crippen LogP contribution in [0.3, 0.4) is 0 Å². The van der Waals surface area contributed by atoms with E-state index in [1.54, 1.807) is 6.20 Å². The molecule has 1 fully saturated rings. The van der Waals surface area contributed by atoms with Gasteiger partial charge in [0, 0.05) is 28.7 Å². The van der Waals surface area contributed by atoms with E-state index in [0.717, 1.165) is 36.2 Å². The molecule has 2 aliphatic heterocycles. The summed E-state index contributed by atoms with van der Waals surface area (Å²) in [5.74, 6) is 0.926. The molecule has 5 nitrogen and oxygen atoms in total. The van der Waals surface area contributed by atoms with Crippen LogP contribution in [0.25, 0.3) is 0 Å². The van der Waals surface area contributed by atoms with Crippen LogP contribution >= 0.6 is 27.5 Å². The molecule has 7 heteroatoms. The smallest absolute Gasteiger partial charge is 0.222 e. The van der Waals surface area contributed by atoms with Crippen molar-refractivity contribution in [3.8, 4) is 0 Å². The van der Waals surface area contributed by atoms with Crippen LogP contribution < -0.4 is 10.6 Å². The lowest BCUT2D eigenvalue weighted by Crippen LogP contribution is -2.34. The van der Waals surface area contributed by atoms with Crippen LogP contribution in [0.15, 0.2) is 28.9 Å². The molecule has 3 heterocycles. The van der Waals surface area contributed by atoms with Crippen molar-refractivity contribution >= 4 is 45.0 Å². The first-order valence-electron chi connectivity index (χ1n) is 7.53. The molecule has 1 aromatic carbocycles. The highest BCUT2D eigenvalue weighted by molar-refractivity contribution is 9.10. The lowest BCUT2D eigenvalue weighted by molar-refractivity contribution is 0.378. The van der Waals surface area contributed by atoms with Crippen LogP contribution in [0.2, 0.25) is 5.02 Å². The zero-order chi connectivity index (χ0) is 16.2. The molecule has 0 radical (unpaired) electrons. The van der Waals surface area contributed by atoms with Gasteiger partial charge in [0.2, 0.25) is 5.95 Å². The van der Waals surface area contributed by atoms with Crippen molar-refractivity contribution in [1.29, 1.82) is 0 Å². The Morgan fingerprint density at radius 2 is 2.17 bits per heavy atom. The van der Waals surface area contributed by atoms with Crippen molar-refractivity contribution < 1.29 is 0 Å². The molecule has 2 aromatic rings. The third-order valence-electron chi connectivity index (χ3n) is 4.83. The molecule has 2 aliphatic rings. The van der Waals surface area contributed by atoms with Crippen molar-refractivity contribution in [1.82, 2.24) is 14.9 Å². The molecule has 2 N–H and O–H groups in total. The molecule has 0 unspecified atom stereocenters. The summed E-state index contributed by atoms with van der Waals surface area (Å²) in [6.45, 7) is 3.00. The quantitative estimate of drug-likeness (QED) is 0.805. The number of aromatic nitrogens is 2. The minimum atomic E-state index is 0.119. The van der Waals surface area contributed by atoms with Crippen LogP contribution in [0.1, 0.15) is 12.0 Å². The summed E-state index contributed by atoms with van der Waals surface area (Å²) < 4.78 is 1.04. The Labute approximate surface area is 148 Å². The number of rotatable bonds is 1. The number of benzene rings is 1. The van der Waals surface area contributed by atoms with Crippen LogP contribution in [0.5, 0.6) is 0 Å². The summed E-state index contributed by atoms with van der Waals surface area (Å²) in [6, 6.07) is 6.46. The van der Waals surface area contributed by atoms with E-state index in [-0.39, 0.29) is 11.4 Å². The summed E-state index contributed by atoms with van der Waals surface area (Å²) in [6.07, 6.45) is 2.70. The van der Waals surface area contributed by atoms with Crippen LogP contribution in [-0.4, -0.2) is 41.5 Å². The van der Waals surface area contributed by atoms with Gasteiger partial charge in [-0.25, -0.2) is 4.98 Å². The van der Waals surface area contributed by atoms with Gasteiger partial charge in [-0.05, 0) is 37.7 Å². The van der Waals surface area contributed by atoms with Crippen molar-refractivity contribution in [3.05, 3.63) is 39.5 Å². The lowest BCUT2D eigenvalue weighted by atomic mass is 9.82. The normalized spacial score (nSPS) is 23.7. The second-order valence-corrected chi connectivity index (χ2v) is 7.74. The molecule has 1 spiro atoms. The van der Waals surface area contributed by atoms with E-state index in [2.05, 4.69) is 60.9 Å². The van der Waals surface area contributed by atoms with E-state index in [4.69, 9.17) is 17.3 Å². The first kappa shape index (κ1) is 15.2. The molecule has 0 bridgehead atoms. The summed E-state index contributed by atoms with van der Waals surface area (Å²) in [7, 11) is 2.17. The highest BCUT2D eigenvalue weighted by Gasteiger charge is 2.47. The fourth-order valence-electron chi connectivity index (χ4n) is 3.83. The SMILES string of the molecule is CN1CC[C@]2(C1)CN(c1nc(N)ncc1Cl)c1cc(Br)ccc12. The predicted octanol–water partition coefficient (Wildman–Crippen LogP) is 3.20. The molecule has 0 aliphatic carbocycles. The minimum absolute atomic E-state index is 0.119. The van der Waals surface area contributed by atoms with Crippen molar-refractivity contribution in [2.24, 2.45) is 0 Å². The van der Waals surface area contributed by atoms with Gasteiger partial charge in [-0.2, -0.15) is 4.98 Å². The number of likely N-dealkylation sites (tertiary alicyclic amines) is 1. The second kappa shape index (κ2) is 5.33. The van der Waals surface area contributed by atoms with Gasteiger partial charge in [0.05, 0.1) is 6.20 Å². The third kappa shape index (κ3) is 2.40. The van der Waals surface area contributed by atoms with Crippen LogP contribution in [0, 0.1) is 0 Å². The Balaban J connectivity index is 1.87. The third-order valence-corrected chi connectivity index (χ3v) is 5.59. The maximum absolute atomic E-state index is 6.36. The maximum atomic E-state index is 6.36. The predicted molar refractivity (Wildman–Crippen MR) is 96.4 cm³/mol. The largest absolute Gasteiger partial charge is 0.368 e. The minimum Gasteiger partial charge on any atom is -0.368 e. The van der Waals surface area contributed by atoms with E-state index in [9.17, 15) is 0 Å². The molecule has 0 amide bonds.